The summed E-state index contributed by atoms with van der Waals surface area (Å²) in [5.41, 5.74) is 15.3. The molecule has 260 valence electrons. The van der Waals surface area contributed by atoms with Crippen LogP contribution in [0.25, 0.3) is 71.6 Å². The van der Waals surface area contributed by atoms with Crippen molar-refractivity contribution in [2.45, 2.75) is 6.92 Å². The highest BCUT2D eigenvalue weighted by Gasteiger charge is 2.23. The molecule has 2 heteroatoms. The minimum absolute atomic E-state index is 1.10. The Kier molecular flexibility index (Phi) is 8.08. The van der Waals surface area contributed by atoms with E-state index in [4.69, 9.17) is 0 Å². The molecule has 2 nitrogen and oxygen atoms in total. The van der Waals surface area contributed by atoms with Crippen LogP contribution in [0.5, 0.6) is 0 Å². The molecule has 0 aliphatic carbocycles. The van der Waals surface area contributed by atoms with Crippen molar-refractivity contribution in [2.24, 2.45) is 0 Å². The fraction of sp³-hybridized carbons (Fsp3) is 0.0189. The van der Waals surface area contributed by atoms with Crippen LogP contribution < -0.4 is 4.90 Å². The SMILES string of the molecule is Cc1ccc(-c2ccc3ccccc3c2-n2c3ccccc3c3c(N(c4ccc(-c5ccccc5)cc4)c4ccc(-c5ccccc5)cc4)cccc32)cc1. The lowest BCUT2D eigenvalue weighted by atomic mass is 9.97. The minimum Gasteiger partial charge on any atom is -0.310 e. The molecule has 0 amide bonds. The monoisotopic (exact) mass is 702 g/mol. The van der Waals surface area contributed by atoms with E-state index in [1.807, 2.05) is 0 Å². The first kappa shape index (κ1) is 32.5. The van der Waals surface area contributed by atoms with Gasteiger partial charge in [-0.15, -0.1) is 0 Å². The third kappa shape index (κ3) is 5.76. The van der Waals surface area contributed by atoms with Crippen molar-refractivity contribution in [3.63, 3.8) is 0 Å². The first-order valence-corrected chi connectivity index (χ1v) is 18.9. The molecule has 55 heavy (non-hydrogen) atoms. The molecule has 0 radical (unpaired) electrons. The summed E-state index contributed by atoms with van der Waals surface area (Å²) in [6.45, 7) is 2.15. The van der Waals surface area contributed by atoms with E-state index in [-0.39, 0.29) is 0 Å². The largest absolute Gasteiger partial charge is 0.310 e. The molecule has 0 saturated carbocycles. The molecule has 0 N–H and O–H groups in total. The second-order valence-corrected chi connectivity index (χ2v) is 14.2. The van der Waals surface area contributed by atoms with Crippen LogP contribution in [0.1, 0.15) is 5.56 Å². The number of hydrogen-bond donors (Lipinski definition) is 0. The maximum atomic E-state index is 2.50. The number of benzene rings is 9. The van der Waals surface area contributed by atoms with Gasteiger partial charge in [-0.25, -0.2) is 0 Å². The van der Waals surface area contributed by atoms with Crippen LogP contribution in [-0.2, 0) is 0 Å². The molecule has 0 fully saturated rings. The van der Waals surface area contributed by atoms with Gasteiger partial charge in [-0.05, 0) is 82.6 Å². The Labute approximate surface area is 321 Å². The van der Waals surface area contributed by atoms with E-state index in [9.17, 15) is 0 Å². The van der Waals surface area contributed by atoms with E-state index in [0.29, 0.717) is 0 Å². The van der Waals surface area contributed by atoms with Crippen molar-refractivity contribution in [2.75, 3.05) is 4.90 Å². The minimum atomic E-state index is 1.10. The Morgan fingerprint density at radius 3 is 1.51 bits per heavy atom. The van der Waals surface area contributed by atoms with Crippen LogP contribution in [0.2, 0.25) is 0 Å². The molecular formula is C53H38N2. The molecule has 0 atom stereocenters. The smallest absolute Gasteiger partial charge is 0.0618 e. The van der Waals surface area contributed by atoms with E-state index in [1.165, 1.54) is 71.7 Å². The summed E-state index contributed by atoms with van der Waals surface area (Å²) in [7, 11) is 0. The Hall–Kier alpha value is -7.16. The molecule has 9 aromatic carbocycles. The van der Waals surface area contributed by atoms with Gasteiger partial charge in [-0.1, -0.05) is 175 Å². The van der Waals surface area contributed by atoms with Crippen molar-refractivity contribution < 1.29 is 0 Å². The van der Waals surface area contributed by atoms with Gasteiger partial charge >= 0.3 is 0 Å². The molecule has 10 rings (SSSR count). The van der Waals surface area contributed by atoms with Gasteiger partial charge in [0.25, 0.3) is 0 Å². The molecule has 0 aliphatic rings. The van der Waals surface area contributed by atoms with E-state index >= 15 is 0 Å². The molecule has 1 aromatic heterocycles. The van der Waals surface area contributed by atoms with Gasteiger partial charge in [0.2, 0.25) is 0 Å². The number of nitrogens with zero attached hydrogens (tertiary/aromatic N) is 2. The second kappa shape index (κ2) is 13.7. The van der Waals surface area contributed by atoms with Gasteiger partial charge in [0, 0.05) is 33.1 Å². The van der Waals surface area contributed by atoms with Gasteiger partial charge in [-0.2, -0.15) is 0 Å². The van der Waals surface area contributed by atoms with Gasteiger partial charge in [0.1, 0.15) is 0 Å². The lowest BCUT2D eigenvalue weighted by Crippen LogP contribution is -2.10. The number of anilines is 3. The molecule has 0 aliphatic heterocycles. The average molecular weight is 703 g/mol. The summed E-state index contributed by atoms with van der Waals surface area (Å²) < 4.78 is 2.50. The maximum absolute atomic E-state index is 2.50. The van der Waals surface area contributed by atoms with Gasteiger partial charge in [0.15, 0.2) is 0 Å². The summed E-state index contributed by atoms with van der Waals surface area (Å²) >= 11 is 0. The van der Waals surface area contributed by atoms with Crippen molar-refractivity contribution in [3.05, 3.63) is 218 Å². The average Bonchev–Trinajstić information content (AvgIpc) is 3.59. The van der Waals surface area contributed by atoms with Gasteiger partial charge in [0.05, 0.1) is 22.4 Å². The highest BCUT2D eigenvalue weighted by atomic mass is 15.1. The topological polar surface area (TPSA) is 8.17 Å². The number of para-hydroxylation sites is 1. The molecular weight excluding hydrogens is 665 g/mol. The number of aryl methyl sites for hydroxylation is 1. The van der Waals surface area contributed by atoms with Gasteiger partial charge < -0.3 is 9.47 Å². The number of aromatic nitrogens is 1. The Morgan fingerprint density at radius 1 is 0.364 bits per heavy atom. The van der Waals surface area contributed by atoms with E-state index in [1.54, 1.807) is 0 Å². The van der Waals surface area contributed by atoms with Crippen LogP contribution in [0.15, 0.2) is 212 Å². The Bertz CT molecular complexity index is 2860. The number of rotatable bonds is 7. The first-order valence-electron chi connectivity index (χ1n) is 18.9. The summed E-state index contributed by atoms with van der Waals surface area (Å²) in [6.07, 6.45) is 0. The summed E-state index contributed by atoms with van der Waals surface area (Å²) in [5.74, 6) is 0. The third-order valence-corrected chi connectivity index (χ3v) is 10.9. The van der Waals surface area contributed by atoms with E-state index < -0.39 is 0 Å². The van der Waals surface area contributed by atoms with E-state index in [2.05, 4.69) is 229 Å². The second-order valence-electron chi connectivity index (χ2n) is 14.2. The van der Waals surface area contributed by atoms with Crippen LogP contribution in [0.3, 0.4) is 0 Å². The molecule has 1 heterocycles. The fourth-order valence-electron chi connectivity index (χ4n) is 8.18. The summed E-state index contributed by atoms with van der Waals surface area (Å²) in [4.78, 5) is 2.42. The quantitative estimate of drug-likeness (QED) is 0.160. The van der Waals surface area contributed by atoms with Crippen LogP contribution in [-0.4, -0.2) is 4.57 Å². The number of fused-ring (bicyclic) bond motifs is 4. The highest BCUT2D eigenvalue weighted by Crippen LogP contribution is 2.46. The third-order valence-electron chi connectivity index (χ3n) is 10.9. The van der Waals surface area contributed by atoms with E-state index in [0.717, 1.165) is 22.6 Å². The maximum Gasteiger partial charge on any atom is 0.0618 e. The lowest BCUT2D eigenvalue weighted by molar-refractivity contribution is 1.20. The fourth-order valence-corrected chi connectivity index (χ4v) is 8.18. The normalized spacial score (nSPS) is 11.4. The van der Waals surface area contributed by atoms with Crippen molar-refractivity contribution >= 4 is 49.6 Å². The van der Waals surface area contributed by atoms with Crippen LogP contribution >= 0.6 is 0 Å². The van der Waals surface area contributed by atoms with Crippen molar-refractivity contribution in [1.29, 1.82) is 0 Å². The first-order chi connectivity index (χ1) is 27.2. The molecule has 0 unspecified atom stereocenters. The zero-order chi connectivity index (χ0) is 36.7. The Balaban J connectivity index is 1.24. The highest BCUT2D eigenvalue weighted by molar-refractivity contribution is 6.18. The van der Waals surface area contributed by atoms with Gasteiger partial charge in [-0.3, -0.25) is 0 Å². The molecule has 0 bridgehead atoms. The molecule has 0 spiro atoms. The zero-order valence-electron chi connectivity index (χ0n) is 30.6. The molecule has 10 aromatic rings. The van der Waals surface area contributed by atoms with Crippen LogP contribution in [0.4, 0.5) is 17.1 Å². The standard InChI is InChI=1S/C53H38N2/c1-37-23-25-43(26-24-37)47-36-31-42-17-8-9-18-46(42)53(47)55-49-20-11-10-19-48(49)52-50(21-12-22-51(52)55)54(44-32-27-40(28-33-44)38-13-4-2-5-14-38)45-34-29-41(30-35-45)39-15-6-3-7-16-39/h2-36H,1H3. The van der Waals surface area contributed by atoms with Crippen molar-refractivity contribution in [3.8, 4) is 39.1 Å². The Morgan fingerprint density at radius 2 is 0.873 bits per heavy atom. The van der Waals surface area contributed by atoms with Crippen molar-refractivity contribution in [1.82, 2.24) is 4.57 Å². The summed E-state index contributed by atoms with van der Waals surface area (Å²) in [5, 5.41) is 4.86. The predicted octanol–water partition coefficient (Wildman–Crippen LogP) is 14.7. The lowest BCUT2D eigenvalue weighted by Gasteiger charge is -2.27. The predicted molar refractivity (Wildman–Crippen MR) is 234 cm³/mol. The summed E-state index contributed by atoms with van der Waals surface area (Å²) in [6, 6.07) is 77.1. The zero-order valence-corrected chi connectivity index (χ0v) is 30.6. The molecule has 0 saturated heterocycles. The van der Waals surface area contributed by atoms with Crippen LogP contribution in [0, 0.1) is 6.92 Å². The number of hydrogen-bond acceptors (Lipinski definition) is 1.